The third-order valence-corrected chi connectivity index (χ3v) is 5.94. The van der Waals surface area contributed by atoms with Gasteiger partial charge in [-0.2, -0.15) is 0 Å². The first-order chi connectivity index (χ1) is 13.6. The summed E-state index contributed by atoms with van der Waals surface area (Å²) in [4.78, 5) is 15.5. The van der Waals surface area contributed by atoms with Crippen LogP contribution < -0.4 is 9.64 Å². The number of aromatic nitrogens is 1. The van der Waals surface area contributed by atoms with E-state index in [1.54, 1.807) is 7.11 Å². The maximum Gasteiger partial charge on any atom is 0.239 e. The van der Waals surface area contributed by atoms with Crippen molar-refractivity contribution in [3.63, 3.8) is 0 Å². The first-order valence-corrected chi connectivity index (χ1v) is 9.65. The highest BCUT2D eigenvalue weighted by Gasteiger charge is 2.57. The Labute approximate surface area is 163 Å². The molecule has 28 heavy (non-hydrogen) atoms. The summed E-state index contributed by atoms with van der Waals surface area (Å²) >= 11 is 0. The molecule has 5 nitrogen and oxygen atoms in total. The van der Waals surface area contributed by atoms with Gasteiger partial charge in [-0.15, -0.1) is 0 Å². The molecule has 1 aliphatic carbocycles. The number of ether oxygens (including phenoxy) is 1. The Morgan fingerprint density at radius 1 is 1.18 bits per heavy atom. The van der Waals surface area contributed by atoms with Crippen LogP contribution in [0.5, 0.6) is 5.75 Å². The second-order valence-corrected chi connectivity index (χ2v) is 7.75. The Morgan fingerprint density at radius 3 is 2.79 bits per heavy atom. The van der Waals surface area contributed by atoms with Gasteiger partial charge in [0.15, 0.2) is 5.76 Å². The lowest BCUT2D eigenvalue weighted by atomic mass is 9.98. The number of benzene rings is 2. The number of para-hydroxylation sites is 1. The highest BCUT2D eigenvalue weighted by Crippen LogP contribution is 2.51. The Hall–Kier alpha value is -3.08. The van der Waals surface area contributed by atoms with Crippen LogP contribution in [0.2, 0.25) is 0 Å². The highest BCUT2D eigenvalue weighted by molar-refractivity contribution is 6.05. The molecule has 0 radical (unpaired) electrons. The molecule has 0 N–H and O–H groups in total. The van der Waals surface area contributed by atoms with Crippen LogP contribution in [0.1, 0.15) is 31.0 Å². The van der Waals surface area contributed by atoms with Gasteiger partial charge in [0, 0.05) is 23.4 Å². The van der Waals surface area contributed by atoms with E-state index in [2.05, 4.69) is 18.1 Å². The predicted octanol–water partition coefficient (Wildman–Crippen LogP) is 4.36. The van der Waals surface area contributed by atoms with Crippen LogP contribution in [0.15, 0.2) is 59.1 Å². The van der Waals surface area contributed by atoms with Crippen molar-refractivity contribution in [2.24, 2.45) is 0 Å². The zero-order valence-corrected chi connectivity index (χ0v) is 16.0. The Balaban J connectivity index is 1.47. The summed E-state index contributed by atoms with van der Waals surface area (Å²) in [5.74, 6) is 1.55. The summed E-state index contributed by atoms with van der Waals surface area (Å²) in [5, 5.41) is 4.29. The van der Waals surface area contributed by atoms with Gasteiger partial charge >= 0.3 is 0 Å². The van der Waals surface area contributed by atoms with E-state index in [0.717, 1.165) is 42.0 Å². The van der Waals surface area contributed by atoms with E-state index in [-0.39, 0.29) is 11.9 Å². The molecule has 1 atom stereocenters. The molecular weight excluding hydrogens is 352 g/mol. The van der Waals surface area contributed by atoms with Gasteiger partial charge in [-0.1, -0.05) is 35.5 Å². The highest BCUT2D eigenvalue weighted by atomic mass is 16.5. The van der Waals surface area contributed by atoms with Crippen molar-refractivity contribution in [2.45, 2.75) is 37.6 Å². The quantitative estimate of drug-likeness (QED) is 0.681. The summed E-state index contributed by atoms with van der Waals surface area (Å²) in [6.07, 6.45) is 2.51. The fraction of sp³-hybridized carbons (Fsp3) is 0.304. The van der Waals surface area contributed by atoms with Crippen LogP contribution in [-0.4, -0.2) is 24.2 Å². The first-order valence-electron chi connectivity index (χ1n) is 9.65. The molecule has 1 aromatic heterocycles. The number of nitrogens with zero attached hydrogens (tertiary/aromatic N) is 2. The maximum atomic E-state index is 13.6. The van der Waals surface area contributed by atoms with E-state index in [9.17, 15) is 4.79 Å². The van der Waals surface area contributed by atoms with Gasteiger partial charge in [-0.25, -0.2) is 0 Å². The Bertz CT molecular complexity index is 1050. The van der Waals surface area contributed by atoms with E-state index >= 15 is 0 Å². The third kappa shape index (κ3) is 2.53. The lowest BCUT2D eigenvalue weighted by Gasteiger charge is -2.26. The van der Waals surface area contributed by atoms with Crippen molar-refractivity contribution in [1.82, 2.24) is 5.16 Å². The summed E-state index contributed by atoms with van der Waals surface area (Å²) in [6, 6.07) is 17.9. The van der Waals surface area contributed by atoms with E-state index in [1.165, 1.54) is 5.56 Å². The largest absolute Gasteiger partial charge is 0.497 e. The number of amides is 1. The predicted molar refractivity (Wildman–Crippen MR) is 106 cm³/mol. The van der Waals surface area contributed by atoms with Crippen LogP contribution >= 0.6 is 0 Å². The molecule has 2 heterocycles. The molecule has 5 heteroatoms. The molecule has 0 spiro atoms. The van der Waals surface area contributed by atoms with Gasteiger partial charge < -0.3 is 14.2 Å². The van der Waals surface area contributed by atoms with Crippen LogP contribution in [0.3, 0.4) is 0 Å². The van der Waals surface area contributed by atoms with Crippen molar-refractivity contribution in [3.05, 3.63) is 65.9 Å². The van der Waals surface area contributed by atoms with Crippen molar-refractivity contribution in [2.75, 3.05) is 12.0 Å². The average Bonchev–Trinajstić information content (AvgIpc) is 3.25. The molecule has 1 saturated carbocycles. The van der Waals surface area contributed by atoms with Gasteiger partial charge in [0.05, 0.1) is 18.2 Å². The monoisotopic (exact) mass is 374 g/mol. The maximum absolute atomic E-state index is 13.6. The fourth-order valence-corrected chi connectivity index (χ4v) is 4.22. The molecule has 0 bridgehead atoms. The number of carbonyl (C=O) groups is 1. The minimum Gasteiger partial charge on any atom is -0.497 e. The molecular formula is C23H22N2O3. The minimum atomic E-state index is -0.563. The molecule has 1 unspecified atom stereocenters. The number of hydrogen-bond acceptors (Lipinski definition) is 4. The zero-order chi connectivity index (χ0) is 19.3. The molecule has 1 aliphatic heterocycles. The second kappa shape index (κ2) is 6.23. The summed E-state index contributed by atoms with van der Waals surface area (Å²) in [5.41, 5.74) is 3.32. The standard InChI is InChI=1S/C23H22N2O3/c1-15-12-16-6-3-4-9-19(16)25(15)22(26)23(10-11-23)21-14-20(28-24-21)17-7-5-8-18(13-17)27-2/h3-9,13-15H,10-12H2,1-2H3. The van der Waals surface area contributed by atoms with Gasteiger partial charge in [0.1, 0.15) is 5.75 Å². The third-order valence-electron chi connectivity index (χ3n) is 5.94. The Morgan fingerprint density at radius 2 is 2.00 bits per heavy atom. The fourth-order valence-electron chi connectivity index (χ4n) is 4.22. The topological polar surface area (TPSA) is 55.6 Å². The molecule has 3 aromatic rings. The van der Waals surface area contributed by atoms with E-state index in [1.807, 2.05) is 53.4 Å². The SMILES string of the molecule is COc1cccc(-c2cc(C3(C(=O)N4c5ccccc5CC4C)CC3)no2)c1. The lowest BCUT2D eigenvalue weighted by Crippen LogP contribution is -2.42. The van der Waals surface area contributed by atoms with E-state index in [4.69, 9.17) is 9.26 Å². The molecule has 1 amide bonds. The molecule has 2 aliphatic rings. The van der Waals surface area contributed by atoms with Crippen LogP contribution in [0.4, 0.5) is 5.69 Å². The van der Waals surface area contributed by atoms with E-state index in [0.29, 0.717) is 5.76 Å². The van der Waals surface area contributed by atoms with Gasteiger partial charge in [-0.3, -0.25) is 4.79 Å². The molecule has 1 fully saturated rings. The van der Waals surface area contributed by atoms with Gasteiger partial charge in [0.2, 0.25) is 5.91 Å². The van der Waals surface area contributed by atoms with Gasteiger partial charge in [-0.05, 0) is 49.9 Å². The van der Waals surface area contributed by atoms with Crippen LogP contribution in [0, 0.1) is 0 Å². The number of rotatable bonds is 4. The van der Waals surface area contributed by atoms with Crippen molar-refractivity contribution < 1.29 is 14.1 Å². The lowest BCUT2D eigenvalue weighted by molar-refractivity contribution is -0.121. The molecule has 142 valence electrons. The first kappa shape index (κ1) is 17.0. The molecule has 2 aromatic carbocycles. The number of carbonyl (C=O) groups excluding carboxylic acids is 1. The normalized spacial score (nSPS) is 19.4. The van der Waals surface area contributed by atoms with Crippen molar-refractivity contribution in [3.8, 4) is 17.1 Å². The van der Waals surface area contributed by atoms with Crippen molar-refractivity contribution in [1.29, 1.82) is 0 Å². The van der Waals surface area contributed by atoms with E-state index < -0.39 is 5.41 Å². The van der Waals surface area contributed by atoms with Crippen molar-refractivity contribution >= 4 is 11.6 Å². The zero-order valence-electron chi connectivity index (χ0n) is 16.0. The number of hydrogen-bond donors (Lipinski definition) is 0. The number of fused-ring (bicyclic) bond motifs is 1. The number of anilines is 1. The average molecular weight is 374 g/mol. The van der Waals surface area contributed by atoms with Crippen LogP contribution in [-0.2, 0) is 16.6 Å². The molecule has 0 saturated heterocycles. The summed E-state index contributed by atoms with van der Waals surface area (Å²) in [7, 11) is 1.64. The van der Waals surface area contributed by atoms with Crippen LogP contribution in [0.25, 0.3) is 11.3 Å². The Kier molecular flexibility index (Phi) is 3.79. The minimum absolute atomic E-state index is 0.135. The smallest absolute Gasteiger partial charge is 0.239 e. The second-order valence-electron chi connectivity index (χ2n) is 7.75. The number of methoxy groups -OCH3 is 1. The van der Waals surface area contributed by atoms with Gasteiger partial charge in [0.25, 0.3) is 0 Å². The molecule has 5 rings (SSSR count). The summed E-state index contributed by atoms with van der Waals surface area (Å²) < 4.78 is 10.9. The summed E-state index contributed by atoms with van der Waals surface area (Å²) in [6.45, 7) is 2.11.